The van der Waals surface area contributed by atoms with Gasteiger partial charge < -0.3 is 10.6 Å². The standard InChI is InChI=1S/C23H29ClN4O/c24-20-5-3-4-19(14-20)23(16-25)10-7-17(8-11-23)21-6-1-2-13-28(21)22(29)18-9-12-26-27-15-18/h3-5,9,12,14-15,17,21H,1-2,6-8,10-11,13,16,25H2. The lowest BCUT2D eigenvalue weighted by Gasteiger charge is -2.46. The second-order valence-corrected chi connectivity index (χ2v) is 8.96. The van der Waals surface area contributed by atoms with Crippen molar-refractivity contribution in [1.29, 1.82) is 0 Å². The van der Waals surface area contributed by atoms with Crippen LogP contribution >= 0.6 is 11.6 Å². The lowest BCUT2D eigenvalue weighted by molar-refractivity contribution is 0.0425. The number of hydrogen-bond donors (Lipinski definition) is 1. The number of aromatic nitrogens is 2. The van der Waals surface area contributed by atoms with Crippen molar-refractivity contribution in [3.05, 3.63) is 58.9 Å². The number of hydrogen-bond acceptors (Lipinski definition) is 4. The maximum Gasteiger partial charge on any atom is 0.255 e. The van der Waals surface area contributed by atoms with E-state index in [4.69, 9.17) is 17.3 Å². The molecule has 2 N–H and O–H groups in total. The third-order valence-corrected chi connectivity index (χ3v) is 7.24. The van der Waals surface area contributed by atoms with E-state index in [0.29, 0.717) is 24.1 Å². The minimum atomic E-state index is -0.0000742. The predicted molar refractivity (Wildman–Crippen MR) is 115 cm³/mol. The van der Waals surface area contributed by atoms with E-state index in [-0.39, 0.29) is 11.3 Å². The van der Waals surface area contributed by atoms with Crippen molar-refractivity contribution >= 4 is 17.5 Å². The van der Waals surface area contributed by atoms with Crippen LogP contribution < -0.4 is 5.73 Å². The summed E-state index contributed by atoms with van der Waals surface area (Å²) < 4.78 is 0. The van der Waals surface area contributed by atoms with E-state index >= 15 is 0 Å². The normalized spacial score (nSPS) is 27.6. The van der Waals surface area contributed by atoms with Crippen LogP contribution in [0.3, 0.4) is 0 Å². The number of carbonyl (C=O) groups is 1. The van der Waals surface area contributed by atoms with E-state index in [9.17, 15) is 4.79 Å². The lowest BCUT2D eigenvalue weighted by Crippen LogP contribution is -2.50. The molecule has 154 valence electrons. The summed E-state index contributed by atoms with van der Waals surface area (Å²) in [4.78, 5) is 15.2. The Morgan fingerprint density at radius 1 is 1.17 bits per heavy atom. The molecule has 1 aliphatic heterocycles. The van der Waals surface area contributed by atoms with Gasteiger partial charge in [0.25, 0.3) is 5.91 Å². The van der Waals surface area contributed by atoms with E-state index in [1.165, 1.54) is 12.0 Å². The number of piperidine rings is 1. The van der Waals surface area contributed by atoms with E-state index in [2.05, 4.69) is 27.2 Å². The summed E-state index contributed by atoms with van der Waals surface area (Å²) in [5, 5.41) is 8.46. The van der Waals surface area contributed by atoms with Gasteiger partial charge in [-0.05, 0) is 74.6 Å². The molecule has 5 nitrogen and oxygen atoms in total. The van der Waals surface area contributed by atoms with Gasteiger partial charge >= 0.3 is 0 Å². The number of amides is 1. The summed E-state index contributed by atoms with van der Waals surface area (Å²) >= 11 is 6.25. The fourth-order valence-electron chi connectivity index (χ4n) is 5.29. The molecule has 6 heteroatoms. The Kier molecular flexibility index (Phi) is 6.16. The number of carbonyl (C=O) groups excluding carboxylic acids is 1. The Labute approximate surface area is 177 Å². The van der Waals surface area contributed by atoms with E-state index in [1.807, 2.05) is 12.1 Å². The lowest BCUT2D eigenvalue weighted by atomic mass is 9.64. The van der Waals surface area contributed by atoms with Gasteiger partial charge in [-0.2, -0.15) is 10.2 Å². The van der Waals surface area contributed by atoms with Crippen LogP contribution in [-0.4, -0.2) is 40.1 Å². The van der Waals surface area contributed by atoms with Gasteiger partial charge in [-0.25, -0.2) is 0 Å². The number of benzene rings is 1. The predicted octanol–water partition coefficient (Wildman–Crippen LogP) is 4.21. The van der Waals surface area contributed by atoms with Gasteiger partial charge in [0.1, 0.15) is 0 Å². The summed E-state index contributed by atoms with van der Waals surface area (Å²) in [6.07, 6.45) is 10.8. The summed E-state index contributed by atoms with van der Waals surface area (Å²) in [5.41, 5.74) is 8.17. The van der Waals surface area contributed by atoms with Gasteiger partial charge in [0, 0.05) is 29.6 Å². The molecule has 1 atom stereocenters. The summed E-state index contributed by atoms with van der Waals surface area (Å²) in [5.74, 6) is 0.614. The van der Waals surface area contributed by atoms with Crippen LogP contribution in [0.5, 0.6) is 0 Å². The van der Waals surface area contributed by atoms with Crippen LogP contribution in [0.4, 0.5) is 0 Å². The molecular weight excluding hydrogens is 384 g/mol. The molecule has 1 aromatic heterocycles. The first-order valence-corrected chi connectivity index (χ1v) is 11.0. The topological polar surface area (TPSA) is 72.1 Å². The highest BCUT2D eigenvalue weighted by atomic mass is 35.5. The third-order valence-electron chi connectivity index (χ3n) is 7.00. The largest absolute Gasteiger partial charge is 0.335 e. The molecular formula is C23H29ClN4O. The summed E-state index contributed by atoms with van der Waals surface area (Å²) in [7, 11) is 0. The maximum absolute atomic E-state index is 13.1. The average molecular weight is 413 g/mol. The van der Waals surface area contributed by atoms with Crippen molar-refractivity contribution in [1.82, 2.24) is 15.1 Å². The molecule has 0 bridgehead atoms. The highest BCUT2D eigenvalue weighted by Crippen LogP contribution is 2.44. The maximum atomic E-state index is 13.1. The SMILES string of the molecule is NCC1(c2cccc(Cl)c2)CCC(C2CCCCN2C(=O)c2ccnnc2)CC1. The van der Waals surface area contributed by atoms with Crippen molar-refractivity contribution in [2.24, 2.45) is 11.7 Å². The molecule has 1 saturated heterocycles. The van der Waals surface area contributed by atoms with E-state index < -0.39 is 0 Å². The van der Waals surface area contributed by atoms with Crippen molar-refractivity contribution in [2.45, 2.75) is 56.4 Å². The van der Waals surface area contributed by atoms with Crippen LogP contribution in [0.1, 0.15) is 60.9 Å². The van der Waals surface area contributed by atoms with Gasteiger partial charge in [0.15, 0.2) is 0 Å². The fourth-order valence-corrected chi connectivity index (χ4v) is 5.48. The van der Waals surface area contributed by atoms with Gasteiger partial charge in [0.2, 0.25) is 0 Å². The zero-order valence-corrected chi connectivity index (χ0v) is 17.5. The van der Waals surface area contributed by atoms with Gasteiger partial charge in [-0.1, -0.05) is 23.7 Å². The third kappa shape index (κ3) is 4.17. The Balaban J connectivity index is 1.49. The van der Waals surface area contributed by atoms with Crippen molar-refractivity contribution in [2.75, 3.05) is 13.1 Å². The Hall–Kier alpha value is -1.98. The molecule has 1 saturated carbocycles. The molecule has 1 amide bonds. The van der Waals surface area contributed by atoms with E-state index in [0.717, 1.165) is 50.1 Å². The molecule has 4 rings (SSSR count). The van der Waals surface area contributed by atoms with Gasteiger partial charge in [-0.3, -0.25) is 4.79 Å². The first-order chi connectivity index (χ1) is 14.1. The number of nitrogens with two attached hydrogens (primary N) is 1. The molecule has 2 heterocycles. The van der Waals surface area contributed by atoms with Crippen molar-refractivity contribution in [3.8, 4) is 0 Å². The van der Waals surface area contributed by atoms with Crippen LogP contribution in [0.15, 0.2) is 42.7 Å². The number of likely N-dealkylation sites (tertiary alicyclic amines) is 1. The number of nitrogens with zero attached hydrogens (tertiary/aromatic N) is 3. The fraction of sp³-hybridized carbons (Fsp3) is 0.522. The van der Waals surface area contributed by atoms with Crippen LogP contribution in [0.2, 0.25) is 5.02 Å². The molecule has 0 radical (unpaired) electrons. The minimum absolute atomic E-state index is 0.0000742. The Morgan fingerprint density at radius 2 is 2.00 bits per heavy atom. The first-order valence-electron chi connectivity index (χ1n) is 10.7. The van der Waals surface area contributed by atoms with Gasteiger partial charge in [0.05, 0.1) is 18.0 Å². The molecule has 1 aromatic carbocycles. The molecule has 2 fully saturated rings. The molecule has 0 spiro atoms. The Bertz CT molecular complexity index is 836. The second kappa shape index (κ2) is 8.80. The van der Waals surface area contributed by atoms with Crippen LogP contribution in [-0.2, 0) is 5.41 Å². The van der Waals surface area contributed by atoms with Crippen LogP contribution in [0, 0.1) is 5.92 Å². The number of rotatable bonds is 4. The molecule has 1 unspecified atom stereocenters. The summed E-state index contributed by atoms with van der Waals surface area (Å²) in [6, 6.07) is 10.2. The molecule has 1 aliphatic carbocycles. The summed E-state index contributed by atoms with van der Waals surface area (Å²) in [6.45, 7) is 1.47. The average Bonchev–Trinajstić information content (AvgIpc) is 2.79. The van der Waals surface area contributed by atoms with Gasteiger partial charge in [-0.15, -0.1) is 0 Å². The highest BCUT2D eigenvalue weighted by Gasteiger charge is 2.41. The highest BCUT2D eigenvalue weighted by molar-refractivity contribution is 6.30. The Morgan fingerprint density at radius 3 is 2.69 bits per heavy atom. The monoisotopic (exact) mass is 412 g/mol. The van der Waals surface area contributed by atoms with Crippen molar-refractivity contribution < 1.29 is 4.79 Å². The zero-order valence-electron chi connectivity index (χ0n) is 16.8. The number of halogens is 1. The van der Waals surface area contributed by atoms with Crippen molar-refractivity contribution in [3.63, 3.8) is 0 Å². The van der Waals surface area contributed by atoms with E-state index in [1.54, 1.807) is 18.5 Å². The first kappa shape index (κ1) is 20.3. The molecule has 2 aromatic rings. The molecule has 2 aliphatic rings. The zero-order chi connectivity index (χ0) is 20.3. The quantitative estimate of drug-likeness (QED) is 0.816. The van der Waals surface area contributed by atoms with Crippen LogP contribution in [0.25, 0.3) is 0 Å². The second-order valence-electron chi connectivity index (χ2n) is 8.53. The molecule has 29 heavy (non-hydrogen) atoms. The minimum Gasteiger partial charge on any atom is -0.335 e. The smallest absolute Gasteiger partial charge is 0.255 e.